The summed E-state index contributed by atoms with van der Waals surface area (Å²) in [7, 11) is 0. The monoisotopic (exact) mass is 312 g/mol. The second kappa shape index (κ2) is 6.20. The Morgan fingerprint density at radius 3 is 2.65 bits per heavy atom. The van der Waals surface area contributed by atoms with E-state index < -0.39 is 11.7 Å². The Balaban J connectivity index is 1.73. The first-order valence-electron chi connectivity index (χ1n) is 7.47. The summed E-state index contributed by atoms with van der Waals surface area (Å²) in [5.74, 6) is -1.38. The fourth-order valence-electron chi connectivity index (χ4n) is 2.71. The van der Waals surface area contributed by atoms with Crippen LogP contribution in [0, 0.1) is 18.7 Å². The summed E-state index contributed by atoms with van der Waals surface area (Å²) in [6, 6.07) is 13.8. The van der Waals surface area contributed by atoms with Crippen molar-refractivity contribution in [3.63, 3.8) is 0 Å². The molecule has 4 nitrogen and oxygen atoms in total. The number of benzene rings is 2. The van der Waals surface area contributed by atoms with Gasteiger partial charge < -0.3 is 10.2 Å². The Kier molecular flexibility index (Phi) is 4.10. The molecule has 5 heteroatoms. The Bertz CT molecular complexity index is 746. The van der Waals surface area contributed by atoms with Gasteiger partial charge in [-0.3, -0.25) is 9.59 Å². The first-order valence-corrected chi connectivity index (χ1v) is 7.47. The predicted molar refractivity (Wildman–Crippen MR) is 86.7 cm³/mol. The van der Waals surface area contributed by atoms with Crippen molar-refractivity contribution in [2.45, 2.75) is 13.3 Å². The first-order chi connectivity index (χ1) is 11.0. The second-order valence-corrected chi connectivity index (χ2v) is 5.72. The third kappa shape index (κ3) is 3.23. The van der Waals surface area contributed by atoms with Crippen LogP contribution in [0.5, 0.6) is 0 Å². The lowest BCUT2D eigenvalue weighted by atomic mass is 10.1. The minimum Gasteiger partial charge on any atom is -0.326 e. The number of hydrogen-bond acceptors (Lipinski definition) is 2. The summed E-state index contributed by atoms with van der Waals surface area (Å²) in [5, 5.41) is 2.79. The molecular formula is C18H17FN2O2. The van der Waals surface area contributed by atoms with Gasteiger partial charge in [-0.1, -0.05) is 24.3 Å². The summed E-state index contributed by atoms with van der Waals surface area (Å²) in [6.07, 6.45) is 0.0893. The smallest absolute Gasteiger partial charge is 0.229 e. The maximum Gasteiger partial charge on any atom is 0.229 e. The fraction of sp³-hybridized carbons (Fsp3) is 0.222. The van der Waals surface area contributed by atoms with E-state index in [0.29, 0.717) is 5.69 Å². The van der Waals surface area contributed by atoms with Gasteiger partial charge in [-0.25, -0.2) is 4.39 Å². The maximum atomic E-state index is 14.1. The maximum absolute atomic E-state index is 14.1. The van der Waals surface area contributed by atoms with Crippen molar-refractivity contribution in [3.05, 3.63) is 59.9 Å². The van der Waals surface area contributed by atoms with E-state index in [1.54, 1.807) is 31.2 Å². The van der Waals surface area contributed by atoms with E-state index in [0.717, 1.165) is 5.56 Å². The van der Waals surface area contributed by atoms with Gasteiger partial charge in [-0.05, 0) is 36.8 Å². The van der Waals surface area contributed by atoms with Crippen molar-refractivity contribution in [1.82, 2.24) is 0 Å². The predicted octanol–water partition coefficient (Wildman–Crippen LogP) is 3.13. The van der Waals surface area contributed by atoms with Crippen molar-refractivity contribution in [1.29, 1.82) is 0 Å². The Morgan fingerprint density at radius 2 is 1.96 bits per heavy atom. The molecule has 1 unspecified atom stereocenters. The highest BCUT2D eigenvalue weighted by Gasteiger charge is 2.36. The largest absolute Gasteiger partial charge is 0.326 e. The third-order valence-electron chi connectivity index (χ3n) is 3.93. The van der Waals surface area contributed by atoms with Gasteiger partial charge in [0.1, 0.15) is 5.82 Å². The standard InChI is InChI=1S/C18H17FN2O2/c1-12-7-8-16(15(19)9-12)21-11-13(10-17(21)22)18(23)20-14-5-3-2-4-6-14/h2-9,13H,10-11H2,1H3,(H,20,23). The number of anilines is 2. The van der Waals surface area contributed by atoms with Gasteiger partial charge in [-0.15, -0.1) is 0 Å². The van der Waals surface area contributed by atoms with Crippen LogP contribution in [0.3, 0.4) is 0 Å². The highest BCUT2D eigenvalue weighted by atomic mass is 19.1. The van der Waals surface area contributed by atoms with E-state index in [1.165, 1.54) is 11.0 Å². The Morgan fingerprint density at radius 1 is 1.22 bits per heavy atom. The summed E-state index contributed by atoms with van der Waals surface area (Å²) < 4.78 is 14.1. The fourth-order valence-corrected chi connectivity index (χ4v) is 2.71. The molecule has 0 saturated carbocycles. The van der Waals surface area contributed by atoms with Crippen molar-refractivity contribution in [2.75, 3.05) is 16.8 Å². The number of halogens is 1. The molecule has 0 spiro atoms. The van der Waals surface area contributed by atoms with Gasteiger partial charge in [-0.2, -0.15) is 0 Å². The van der Waals surface area contributed by atoms with Crippen molar-refractivity contribution in [3.8, 4) is 0 Å². The van der Waals surface area contributed by atoms with Crippen LogP contribution in [0.15, 0.2) is 48.5 Å². The third-order valence-corrected chi connectivity index (χ3v) is 3.93. The van der Waals surface area contributed by atoms with Gasteiger partial charge in [0.2, 0.25) is 11.8 Å². The molecule has 1 aliphatic rings. The SMILES string of the molecule is Cc1ccc(N2CC(C(=O)Nc3ccccc3)CC2=O)c(F)c1. The quantitative estimate of drug-likeness (QED) is 0.946. The zero-order valence-corrected chi connectivity index (χ0v) is 12.8. The summed E-state index contributed by atoms with van der Waals surface area (Å²) in [4.78, 5) is 25.8. The van der Waals surface area contributed by atoms with Gasteiger partial charge in [0.05, 0.1) is 11.6 Å². The van der Waals surface area contributed by atoms with Crippen LogP contribution in [0.2, 0.25) is 0 Å². The van der Waals surface area contributed by atoms with E-state index in [9.17, 15) is 14.0 Å². The molecule has 2 aromatic rings. The molecule has 1 saturated heterocycles. The first kappa shape index (κ1) is 15.2. The zero-order chi connectivity index (χ0) is 16.4. The second-order valence-electron chi connectivity index (χ2n) is 5.72. The van der Waals surface area contributed by atoms with Crippen LogP contribution < -0.4 is 10.2 Å². The number of hydrogen-bond donors (Lipinski definition) is 1. The van der Waals surface area contributed by atoms with Crippen LogP contribution in [-0.4, -0.2) is 18.4 Å². The summed E-state index contributed by atoms with van der Waals surface area (Å²) in [6.45, 7) is 1.98. The van der Waals surface area contributed by atoms with Crippen LogP contribution >= 0.6 is 0 Å². The molecule has 1 fully saturated rings. The molecular weight excluding hydrogens is 295 g/mol. The number of para-hydroxylation sites is 1. The van der Waals surface area contributed by atoms with E-state index in [2.05, 4.69) is 5.32 Å². The number of aryl methyl sites for hydroxylation is 1. The molecule has 3 rings (SSSR count). The van der Waals surface area contributed by atoms with Crippen molar-refractivity contribution >= 4 is 23.2 Å². The molecule has 23 heavy (non-hydrogen) atoms. The molecule has 2 amide bonds. The lowest BCUT2D eigenvalue weighted by Gasteiger charge is -2.17. The molecule has 0 aromatic heterocycles. The van der Waals surface area contributed by atoms with Gasteiger partial charge in [0.15, 0.2) is 0 Å². The minimum atomic E-state index is -0.483. The minimum absolute atomic E-state index is 0.0893. The van der Waals surface area contributed by atoms with E-state index >= 15 is 0 Å². The van der Waals surface area contributed by atoms with E-state index in [4.69, 9.17) is 0 Å². The summed E-state index contributed by atoms with van der Waals surface area (Å²) >= 11 is 0. The number of amides is 2. The zero-order valence-electron chi connectivity index (χ0n) is 12.8. The van der Waals surface area contributed by atoms with Gasteiger partial charge >= 0.3 is 0 Å². The lowest BCUT2D eigenvalue weighted by molar-refractivity contribution is -0.122. The molecule has 118 valence electrons. The van der Waals surface area contributed by atoms with E-state index in [-0.39, 0.29) is 30.5 Å². The molecule has 1 aliphatic heterocycles. The lowest BCUT2D eigenvalue weighted by Crippen LogP contribution is -2.28. The molecule has 2 aromatic carbocycles. The molecule has 0 aliphatic carbocycles. The van der Waals surface area contributed by atoms with Crippen LogP contribution in [-0.2, 0) is 9.59 Å². The number of nitrogens with one attached hydrogen (secondary N) is 1. The van der Waals surface area contributed by atoms with Crippen LogP contribution in [0.1, 0.15) is 12.0 Å². The number of carbonyl (C=O) groups is 2. The number of carbonyl (C=O) groups excluding carboxylic acids is 2. The molecule has 1 atom stereocenters. The summed E-state index contributed by atoms with van der Waals surface area (Å²) in [5.41, 5.74) is 1.71. The van der Waals surface area contributed by atoms with Crippen molar-refractivity contribution in [2.24, 2.45) is 5.92 Å². The van der Waals surface area contributed by atoms with Crippen LogP contribution in [0.25, 0.3) is 0 Å². The topological polar surface area (TPSA) is 49.4 Å². The Labute approximate surface area is 133 Å². The van der Waals surface area contributed by atoms with Crippen LogP contribution in [0.4, 0.5) is 15.8 Å². The highest BCUT2D eigenvalue weighted by molar-refractivity contribution is 6.03. The van der Waals surface area contributed by atoms with Crippen molar-refractivity contribution < 1.29 is 14.0 Å². The van der Waals surface area contributed by atoms with E-state index in [1.807, 2.05) is 18.2 Å². The number of rotatable bonds is 3. The number of nitrogens with zero attached hydrogens (tertiary/aromatic N) is 1. The molecule has 0 radical (unpaired) electrons. The molecule has 1 N–H and O–H groups in total. The van der Waals surface area contributed by atoms with Gasteiger partial charge in [0.25, 0.3) is 0 Å². The average molecular weight is 312 g/mol. The average Bonchev–Trinajstić information content (AvgIpc) is 2.90. The highest BCUT2D eigenvalue weighted by Crippen LogP contribution is 2.28. The normalized spacial score (nSPS) is 17.4. The molecule has 1 heterocycles. The molecule has 0 bridgehead atoms. The Hall–Kier alpha value is -2.69. The van der Waals surface area contributed by atoms with Gasteiger partial charge in [0, 0.05) is 18.7 Å².